The second-order valence-electron chi connectivity index (χ2n) is 3.70. The number of ether oxygens (including phenoxy) is 1. The van der Waals surface area contributed by atoms with Crippen LogP contribution in [0.1, 0.15) is 0 Å². The van der Waals surface area contributed by atoms with E-state index in [1.165, 1.54) is 4.68 Å². The number of likely N-dealkylation sites (N-methyl/N-ethyl adjacent to an activating group) is 1. The maximum Gasteiger partial charge on any atom is 0.241 e. The molecule has 1 aromatic carbocycles. The summed E-state index contributed by atoms with van der Waals surface area (Å²) < 4.78 is 6.58. The molecule has 1 amide bonds. The summed E-state index contributed by atoms with van der Waals surface area (Å²) in [6.07, 6.45) is 1.73. The van der Waals surface area contributed by atoms with Crippen LogP contribution in [0.15, 0.2) is 30.5 Å². The maximum absolute atomic E-state index is 11.2. The first-order chi connectivity index (χ1) is 8.72. The molecule has 0 aliphatic rings. The molecule has 0 unspecified atom stereocenters. The van der Waals surface area contributed by atoms with Crippen molar-refractivity contribution in [2.24, 2.45) is 0 Å². The summed E-state index contributed by atoms with van der Waals surface area (Å²) in [6.45, 7) is 0.166. The lowest BCUT2D eigenvalue weighted by Crippen LogP contribution is -2.23. The van der Waals surface area contributed by atoms with Crippen molar-refractivity contribution in [2.45, 2.75) is 6.54 Å². The molecule has 0 atom stereocenters. The van der Waals surface area contributed by atoms with Crippen LogP contribution in [0.5, 0.6) is 5.75 Å². The van der Waals surface area contributed by atoms with Crippen molar-refractivity contribution >= 4 is 5.91 Å². The fraction of sp³-hybridized carbons (Fsp3) is 0.250. The highest BCUT2D eigenvalue weighted by Gasteiger charge is 2.06. The lowest BCUT2D eigenvalue weighted by atomic mass is 10.2. The van der Waals surface area contributed by atoms with E-state index >= 15 is 0 Å². The highest BCUT2D eigenvalue weighted by molar-refractivity contribution is 5.75. The minimum atomic E-state index is -0.110. The van der Waals surface area contributed by atoms with E-state index in [0.29, 0.717) is 0 Å². The van der Waals surface area contributed by atoms with E-state index in [1.807, 2.05) is 24.3 Å². The smallest absolute Gasteiger partial charge is 0.241 e. The van der Waals surface area contributed by atoms with Gasteiger partial charge in [0.15, 0.2) is 0 Å². The van der Waals surface area contributed by atoms with Crippen LogP contribution in [0.25, 0.3) is 11.3 Å². The average Bonchev–Trinajstić information content (AvgIpc) is 2.87. The summed E-state index contributed by atoms with van der Waals surface area (Å²) in [5.74, 6) is 0.678. The van der Waals surface area contributed by atoms with Crippen molar-refractivity contribution < 1.29 is 9.53 Å². The zero-order valence-electron chi connectivity index (χ0n) is 10.3. The van der Waals surface area contributed by atoms with E-state index in [9.17, 15) is 4.79 Å². The van der Waals surface area contributed by atoms with Crippen LogP contribution in [-0.2, 0) is 11.3 Å². The molecule has 1 N–H and O–H groups in total. The number of nitrogens with zero attached hydrogens (tertiary/aromatic N) is 3. The van der Waals surface area contributed by atoms with E-state index < -0.39 is 0 Å². The predicted molar refractivity (Wildman–Crippen MR) is 66.1 cm³/mol. The Morgan fingerprint density at radius 3 is 2.72 bits per heavy atom. The number of methoxy groups -OCH3 is 1. The number of aromatic nitrogens is 3. The molecule has 0 spiro atoms. The van der Waals surface area contributed by atoms with Gasteiger partial charge in [0.05, 0.1) is 13.3 Å². The molecule has 2 rings (SSSR count). The van der Waals surface area contributed by atoms with Crippen LogP contribution < -0.4 is 10.1 Å². The van der Waals surface area contributed by atoms with Gasteiger partial charge >= 0.3 is 0 Å². The number of carbonyl (C=O) groups excluding carboxylic acids is 1. The predicted octanol–water partition coefficient (Wildman–Crippen LogP) is 0.700. The molecule has 2 aromatic rings. The monoisotopic (exact) mass is 246 g/mol. The minimum Gasteiger partial charge on any atom is -0.497 e. The molecular weight excluding hydrogens is 232 g/mol. The third-order valence-electron chi connectivity index (χ3n) is 2.51. The van der Waals surface area contributed by atoms with E-state index in [2.05, 4.69) is 15.6 Å². The molecule has 0 fully saturated rings. The number of hydrogen-bond acceptors (Lipinski definition) is 4. The standard InChI is InChI=1S/C12H14N4O2/c1-13-12(17)8-16-7-11(14-15-16)9-3-5-10(18-2)6-4-9/h3-7H,8H2,1-2H3,(H,13,17). The zero-order valence-corrected chi connectivity index (χ0v) is 10.3. The summed E-state index contributed by atoms with van der Waals surface area (Å²) in [5.41, 5.74) is 1.65. The Balaban J connectivity index is 2.15. The Hall–Kier alpha value is -2.37. The topological polar surface area (TPSA) is 69.0 Å². The number of hydrogen-bond donors (Lipinski definition) is 1. The Kier molecular flexibility index (Phi) is 3.57. The first-order valence-electron chi connectivity index (χ1n) is 5.48. The van der Waals surface area contributed by atoms with Gasteiger partial charge in [-0.25, -0.2) is 4.68 Å². The third kappa shape index (κ3) is 2.65. The number of carbonyl (C=O) groups is 1. The van der Waals surface area contributed by atoms with Crippen molar-refractivity contribution in [3.63, 3.8) is 0 Å². The first-order valence-corrected chi connectivity index (χ1v) is 5.48. The van der Waals surface area contributed by atoms with Crippen molar-refractivity contribution in [1.82, 2.24) is 20.3 Å². The fourth-order valence-electron chi connectivity index (χ4n) is 1.50. The summed E-state index contributed by atoms with van der Waals surface area (Å²) in [5, 5.41) is 10.5. The van der Waals surface area contributed by atoms with Crippen LogP contribution in [0.3, 0.4) is 0 Å². The van der Waals surface area contributed by atoms with Crippen LogP contribution in [0, 0.1) is 0 Å². The molecule has 0 saturated carbocycles. The van der Waals surface area contributed by atoms with E-state index in [0.717, 1.165) is 17.0 Å². The normalized spacial score (nSPS) is 10.1. The molecule has 0 aliphatic carbocycles. The SMILES string of the molecule is CNC(=O)Cn1cc(-c2ccc(OC)cc2)nn1. The molecule has 18 heavy (non-hydrogen) atoms. The number of rotatable bonds is 4. The van der Waals surface area contributed by atoms with E-state index in [1.54, 1.807) is 20.4 Å². The molecule has 6 nitrogen and oxygen atoms in total. The Labute approximate surface area is 105 Å². The van der Waals surface area contributed by atoms with Crippen molar-refractivity contribution in [1.29, 1.82) is 0 Å². The van der Waals surface area contributed by atoms with Gasteiger partial charge in [0, 0.05) is 12.6 Å². The van der Waals surface area contributed by atoms with Gasteiger partial charge in [-0.05, 0) is 24.3 Å². The molecule has 1 aromatic heterocycles. The van der Waals surface area contributed by atoms with Gasteiger partial charge in [-0.2, -0.15) is 0 Å². The van der Waals surface area contributed by atoms with Crippen LogP contribution >= 0.6 is 0 Å². The van der Waals surface area contributed by atoms with Gasteiger partial charge in [-0.3, -0.25) is 4.79 Å². The molecule has 0 aliphatic heterocycles. The quantitative estimate of drug-likeness (QED) is 0.862. The highest BCUT2D eigenvalue weighted by Crippen LogP contribution is 2.19. The van der Waals surface area contributed by atoms with Gasteiger partial charge in [0.25, 0.3) is 0 Å². The van der Waals surface area contributed by atoms with Crippen molar-refractivity contribution in [3.8, 4) is 17.0 Å². The van der Waals surface area contributed by atoms with Crippen molar-refractivity contribution in [3.05, 3.63) is 30.5 Å². The Morgan fingerprint density at radius 1 is 1.39 bits per heavy atom. The number of nitrogens with one attached hydrogen (secondary N) is 1. The fourth-order valence-corrected chi connectivity index (χ4v) is 1.50. The zero-order chi connectivity index (χ0) is 13.0. The molecule has 1 heterocycles. The summed E-state index contributed by atoms with van der Waals surface area (Å²) in [6, 6.07) is 7.50. The van der Waals surface area contributed by atoms with Crippen LogP contribution in [0.2, 0.25) is 0 Å². The number of amides is 1. The van der Waals surface area contributed by atoms with E-state index in [4.69, 9.17) is 4.74 Å². The third-order valence-corrected chi connectivity index (χ3v) is 2.51. The largest absolute Gasteiger partial charge is 0.497 e. The molecule has 94 valence electrons. The summed E-state index contributed by atoms with van der Waals surface area (Å²) in [7, 11) is 3.21. The van der Waals surface area contributed by atoms with Gasteiger partial charge in [0.2, 0.25) is 5.91 Å². The Morgan fingerprint density at radius 2 is 2.11 bits per heavy atom. The molecule has 0 radical (unpaired) electrons. The van der Waals surface area contributed by atoms with Crippen LogP contribution in [0.4, 0.5) is 0 Å². The van der Waals surface area contributed by atoms with Crippen molar-refractivity contribution in [2.75, 3.05) is 14.2 Å². The van der Waals surface area contributed by atoms with E-state index in [-0.39, 0.29) is 12.5 Å². The average molecular weight is 246 g/mol. The van der Waals surface area contributed by atoms with Gasteiger partial charge in [-0.15, -0.1) is 5.10 Å². The highest BCUT2D eigenvalue weighted by atomic mass is 16.5. The van der Waals surface area contributed by atoms with Crippen LogP contribution in [-0.4, -0.2) is 35.1 Å². The molecule has 6 heteroatoms. The second-order valence-corrected chi connectivity index (χ2v) is 3.70. The molecule has 0 bridgehead atoms. The maximum atomic E-state index is 11.2. The lowest BCUT2D eigenvalue weighted by molar-refractivity contribution is -0.121. The van der Waals surface area contributed by atoms with Gasteiger partial charge < -0.3 is 10.1 Å². The molecular formula is C12H14N4O2. The van der Waals surface area contributed by atoms with Gasteiger partial charge in [0.1, 0.15) is 18.0 Å². The van der Waals surface area contributed by atoms with Gasteiger partial charge in [-0.1, -0.05) is 5.21 Å². The molecule has 0 saturated heterocycles. The summed E-state index contributed by atoms with van der Waals surface area (Å²) in [4.78, 5) is 11.2. The minimum absolute atomic E-state index is 0.110. The second kappa shape index (κ2) is 5.31. The lowest BCUT2D eigenvalue weighted by Gasteiger charge is -2.00. The first kappa shape index (κ1) is 12.1. The number of benzene rings is 1. The summed E-state index contributed by atoms with van der Waals surface area (Å²) >= 11 is 0. The Bertz CT molecular complexity index is 533.